The number of nitrogens with zero attached hydrogens (tertiary/aromatic N) is 5. The predicted octanol–water partition coefficient (Wildman–Crippen LogP) is 3.69. The normalized spacial score (nSPS) is 14.2. The van der Waals surface area contributed by atoms with E-state index < -0.39 is 5.91 Å². The standard InChI is InChI=1S/C27H26N8O2S/c1-34-8-7-25(36)35(10-9-34)19-5-6-23(31-14-19)33-24-11-22(21(15-32-24)27(29)37)30-13-17-3-2-4-20-18(12-28)16-38-26(17)20/h2-6,11,14-16H,7-10,13H2,1H3,(H2,29,37)(H2,30,31,32,33). The third kappa shape index (κ3) is 5.27. The van der Waals surface area contributed by atoms with Crippen LogP contribution in [0.3, 0.4) is 0 Å². The first kappa shape index (κ1) is 25.1. The summed E-state index contributed by atoms with van der Waals surface area (Å²) in [6.07, 6.45) is 3.57. The van der Waals surface area contributed by atoms with E-state index in [1.54, 1.807) is 23.2 Å². The van der Waals surface area contributed by atoms with Crippen LogP contribution >= 0.6 is 11.3 Å². The zero-order valence-corrected chi connectivity index (χ0v) is 21.6. The molecular formula is C27H26N8O2S. The minimum atomic E-state index is -0.595. The summed E-state index contributed by atoms with van der Waals surface area (Å²) in [6, 6.07) is 13.4. The van der Waals surface area contributed by atoms with Gasteiger partial charge in [0.25, 0.3) is 5.91 Å². The Morgan fingerprint density at radius 2 is 2.00 bits per heavy atom. The third-order valence-corrected chi connectivity index (χ3v) is 7.54. The second kappa shape index (κ2) is 10.8. The van der Waals surface area contributed by atoms with Crippen molar-refractivity contribution in [2.75, 3.05) is 42.2 Å². The van der Waals surface area contributed by atoms with Crippen molar-refractivity contribution >= 4 is 56.2 Å². The minimum Gasteiger partial charge on any atom is -0.380 e. The van der Waals surface area contributed by atoms with Crippen molar-refractivity contribution in [1.82, 2.24) is 14.9 Å². The maximum atomic E-state index is 12.5. The molecule has 1 aliphatic rings. The van der Waals surface area contributed by atoms with Crippen LogP contribution in [0.25, 0.3) is 10.1 Å². The molecule has 1 saturated heterocycles. The van der Waals surface area contributed by atoms with E-state index in [1.807, 2.05) is 36.7 Å². The number of amides is 2. The van der Waals surface area contributed by atoms with Crippen LogP contribution in [0.1, 0.15) is 27.9 Å². The summed E-state index contributed by atoms with van der Waals surface area (Å²) in [4.78, 5) is 37.2. The van der Waals surface area contributed by atoms with E-state index in [1.165, 1.54) is 17.5 Å². The molecule has 3 aromatic heterocycles. The van der Waals surface area contributed by atoms with Gasteiger partial charge < -0.3 is 26.2 Å². The second-order valence-corrected chi connectivity index (χ2v) is 9.89. The van der Waals surface area contributed by atoms with Gasteiger partial charge in [-0.3, -0.25) is 9.59 Å². The highest BCUT2D eigenvalue weighted by atomic mass is 32.1. The van der Waals surface area contributed by atoms with Crippen LogP contribution in [0.15, 0.2) is 54.2 Å². The lowest BCUT2D eigenvalue weighted by Crippen LogP contribution is -2.32. The lowest BCUT2D eigenvalue weighted by molar-refractivity contribution is -0.118. The summed E-state index contributed by atoms with van der Waals surface area (Å²) < 4.78 is 1.02. The van der Waals surface area contributed by atoms with Gasteiger partial charge in [-0.2, -0.15) is 5.26 Å². The van der Waals surface area contributed by atoms with Crippen molar-refractivity contribution in [3.05, 3.63) is 70.9 Å². The van der Waals surface area contributed by atoms with E-state index in [0.29, 0.717) is 42.4 Å². The fraction of sp³-hybridized carbons (Fsp3) is 0.222. The van der Waals surface area contributed by atoms with Gasteiger partial charge in [0.2, 0.25) is 5.91 Å². The number of aromatic nitrogens is 2. The van der Waals surface area contributed by atoms with Crippen molar-refractivity contribution in [2.45, 2.75) is 13.0 Å². The Morgan fingerprint density at radius 1 is 1.16 bits per heavy atom. The predicted molar refractivity (Wildman–Crippen MR) is 149 cm³/mol. The molecule has 4 aromatic rings. The van der Waals surface area contributed by atoms with E-state index in [0.717, 1.165) is 34.4 Å². The number of nitrogens with two attached hydrogens (primary N) is 1. The van der Waals surface area contributed by atoms with Crippen molar-refractivity contribution in [1.29, 1.82) is 5.26 Å². The first-order valence-electron chi connectivity index (χ1n) is 12.1. The summed E-state index contributed by atoms with van der Waals surface area (Å²) in [6.45, 7) is 2.59. The number of carbonyl (C=O) groups excluding carboxylic acids is 2. The lowest BCUT2D eigenvalue weighted by atomic mass is 10.1. The topological polar surface area (TPSA) is 140 Å². The van der Waals surface area contributed by atoms with Gasteiger partial charge in [0.15, 0.2) is 0 Å². The van der Waals surface area contributed by atoms with Gasteiger partial charge in [-0.15, -0.1) is 11.3 Å². The van der Waals surface area contributed by atoms with Gasteiger partial charge in [-0.05, 0) is 24.7 Å². The molecule has 0 aliphatic carbocycles. The van der Waals surface area contributed by atoms with Crippen molar-refractivity contribution in [3.63, 3.8) is 0 Å². The smallest absolute Gasteiger partial charge is 0.252 e. The summed E-state index contributed by atoms with van der Waals surface area (Å²) in [5.41, 5.74) is 8.78. The molecule has 10 nitrogen and oxygen atoms in total. The third-order valence-electron chi connectivity index (χ3n) is 6.47. The summed E-state index contributed by atoms with van der Waals surface area (Å²) in [5, 5.41) is 18.5. The molecule has 11 heteroatoms. The molecule has 1 fully saturated rings. The number of primary amides is 1. The number of nitriles is 1. The quantitative estimate of drug-likeness (QED) is 0.331. The van der Waals surface area contributed by atoms with E-state index in [-0.39, 0.29) is 11.5 Å². The Morgan fingerprint density at radius 3 is 2.76 bits per heavy atom. The molecule has 192 valence electrons. The maximum Gasteiger partial charge on any atom is 0.252 e. The highest BCUT2D eigenvalue weighted by Gasteiger charge is 2.21. The van der Waals surface area contributed by atoms with Gasteiger partial charge in [-0.1, -0.05) is 18.2 Å². The molecule has 1 aliphatic heterocycles. The zero-order valence-electron chi connectivity index (χ0n) is 20.8. The molecule has 0 unspecified atom stereocenters. The molecule has 0 bridgehead atoms. The molecule has 4 heterocycles. The Bertz CT molecular complexity index is 1540. The Kier molecular flexibility index (Phi) is 7.17. The molecular weight excluding hydrogens is 500 g/mol. The number of hydrogen-bond acceptors (Lipinski definition) is 9. The molecule has 0 saturated carbocycles. The number of nitrogens with one attached hydrogen (secondary N) is 2. The number of rotatable bonds is 7. The Labute approximate surface area is 223 Å². The summed E-state index contributed by atoms with van der Waals surface area (Å²) in [7, 11) is 2.01. The zero-order chi connectivity index (χ0) is 26.6. The number of fused-ring (bicyclic) bond motifs is 1. The van der Waals surface area contributed by atoms with Gasteiger partial charge in [0.1, 0.15) is 17.7 Å². The number of likely N-dealkylation sites (N-methyl/N-ethyl adjacent to an activating group) is 1. The SMILES string of the molecule is CN1CCC(=O)N(c2ccc(Nc3cc(NCc4cccc5c(C#N)csc45)c(C(N)=O)cn3)nc2)CC1. The number of anilines is 4. The lowest BCUT2D eigenvalue weighted by Gasteiger charge is -2.20. The van der Waals surface area contributed by atoms with E-state index in [9.17, 15) is 14.9 Å². The molecule has 4 N–H and O–H groups in total. The van der Waals surface area contributed by atoms with Crippen LogP contribution in [-0.2, 0) is 11.3 Å². The average molecular weight is 527 g/mol. The van der Waals surface area contributed by atoms with Crippen LogP contribution < -0.4 is 21.3 Å². The minimum absolute atomic E-state index is 0.0818. The highest BCUT2D eigenvalue weighted by molar-refractivity contribution is 7.17. The second-order valence-electron chi connectivity index (χ2n) is 9.01. The summed E-state index contributed by atoms with van der Waals surface area (Å²) in [5.74, 6) is 0.512. The van der Waals surface area contributed by atoms with Crippen molar-refractivity contribution < 1.29 is 9.59 Å². The number of thiophene rings is 1. The molecule has 1 aromatic carbocycles. The number of pyridine rings is 2. The fourth-order valence-corrected chi connectivity index (χ4v) is 5.36. The fourth-order valence-electron chi connectivity index (χ4n) is 4.35. The average Bonchev–Trinajstić information content (AvgIpc) is 3.27. The van der Waals surface area contributed by atoms with E-state index >= 15 is 0 Å². The van der Waals surface area contributed by atoms with E-state index in [4.69, 9.17) is 5.73 Å². The van der Waals surface area contributed by atoms with E-state index in [2.05, 4.69) is 31.6 Å². The first-order valence-corrected chi connectivity index (χ1v) is 13.0. The van der Waals surface area contributed by atoms with Gasteiger partial charge in [-0.25, -0.2) is 9.97 Å². The van der Waals surface area contributed by atoms with Crippen LogP contribution in [-0.4, -0.2) is 53.4 Å². The Hall–Kier alpha value is -4.53. The molecule has 38 heavy (non-hydrogen) atoms. The maximum absolute atomic E-state index is 12.5. The summed E-state index contributed by atoms with van der Waals surface area (Å²) >= 11 is 1.51. The van der Waals surface area contributed by atoms with Gasteiger partial charge in [0, 0.05) is 60.3 Å². The van der Waals surface area contributed by atoms with Crippen molar-refractivity contribution in [2.24, 2.45) is 5.73 Å². The number of benzene rings is 1. The van der Waals surface area contributed by atoms with Crippen LogP contribution in [0.4, 0.5) is 23.0 Å². The molecule has 0 spiro atoms. The van der Waals surface area contributed by atoms with Crippen LogP contribution in [0.5, 0.6) is 0 Å². The Balaban J connectivity index is 1.33. The highest BCUT2D eigenvalue weighted by Crippen LogP contribution is 2.30. The molecule has 0 atom stereocenters. The number of hydrogen-bond donors (Lipinski definition) is 3. The number of carbonyl (C=O) groups is 2. The van der Waals surface area contributed by atoms with Crippen molar-refractivity contribution in [3.8, 4) is 6.07 Å². The van der Waals surface area contributed by atoms with Crippen LogP contribution in [0.2, 0.25) is 0 Å². The molecule has 2 amide bonds. The molecule has 5 rings (SSSR count). The largest absolute Gasteiger partial charge is 0.380 e. The first-order chi connectivity index (χ1) is 18.4. The monoisotopic (exact) mass is 526 g/mol. The van der Waals surface area contributed by atoms with Crippen LogP contribution in [0, 0.1) is 11.3 Å². The molecule has 0 radical (unpaired) electrons. The van der Waals surface area contributed by atoms with Gasteiger partial charge in [0.05, 0.1) is 28.7 Å². The van der Waals surface area contributed by atoms with Gasteiger partial charge >= 0.3 is 0 Å².